The summed E-state index contributed by atoms with van der Waals surface area (Å²) in [6, 6.07) is 7.75. The summed E-state index contributed by atoms with van der Waals surface area (Å²) in [6.45, 7) is 3.66. The monoisotopic (exact) mass is 195 g/mol. The van der Waals surface area contributed by atoms with Gasteiger partial charge in [0.1, 0.15) is 0 Å². The zero-order valence-electron chi connectivity index (χ0n) is 7.54. The van der Waals surface area contributed by atoms with Crippen LogP contribution in [0.3, 0.4) is 0 Å². The minimum atomic E-state index is 0.0664. The lowest BCUT2D eigenvalue weighted by molar-refractivity contribution is 0.661. The van der Waals surface area contributed by atoms with Gasteiger partial charge in [0.05, 0.1) is 0 Å². The Hall–Kier alpha value is -0.790. The molecule has 1 nitrogen and oxygen atoms in total. The fraction of sp³-hybridized carbons (Fsp3) is 0.273. The quantitative estimate of drug-likeness (QED) is 0.733. The smallest absolute Gasteiger partial charge is 0.0409 e. The highest BCUT2D eigenvalue weighted by Crippen LogP contribution is 2.19. The topological polar surface area (TPSA) is 26.0 Å². The first kappa shape index (κ1) is 10.3. The van der Waals surface area contributed by atoms with Crippen LogP contribution in [0, 0.1) is 0 Å². The summed E-state index contributed by atoms with van der Waals surface area (Å²) in [5.74, 6) is 0. The van der Waals surface area contributed by atoms with Gasteiger partial charge in [0.2, 0.25) is 0 Å². The van der Waals surface area contributed by atoms with Crippen LogP contribution in [0.2, 0.25) is 5.02 Å². The van der Waals surface area contributed by atoms with Gasteiger partial charge in [-0.25, -0.2) is 0 Å². The summed E-state index contributed by atoms with van der Waals surface area (Å²) in [5.41, 5.74) is 7.04. The molecule has 0 saturated carbocycles. The molecule has 0 amide bonds. The Kier molecular flexibility index (Phi) is 4.00. The summed E-state index contributed by atoms with van der Waals surface area (Å²) in [5, 5.41) is 0.742. The van der Waals surface area contributed by atoms with Crippen molar-refractivity contribution in [1.82, 2.24) is 0 Å². The van der Waals surface area contributed by atoms with Crippen molar-refractivity contribution in [2.45, 2.75) is 18.9 Å². The fourth-order valence-corrected chi connectivity index (χ4v) is 1.40. The van der Waals surface area contributed by atoms with Crippen molar-refractivity contribution in [2.24, 2.45) is 5.73 Å². The predicted molar refractivity (Wildman–Crippen MR) is 57.8 cm³/mol. The first-order valence-corrected chi connectivity index (χ1v) is 4.74. The molecule has 0 aliphatic heterocycles. The van der Waals surface area contributed by atoms with Crippen molar-refractivity contribution in [3.63, 3.8) is 0 Å². The number of nitrogens with two attached hydrogens (primary N) is 1. The van der Waals surface area contributed by atoms with Gasteiger partial charge < -0.3 is 5.73 Å². The van der Waals surface area contributed by atoms with Gasteiger partial charge in [-0.3, -0.25) is 0 Å². The molecular weight excluding hydrogens is 182 g/mol. The van der Waals surface area contributed by atoms with Crippen molar-refractivity contribution in [3.8, 4) is 0 Å². The van der Waals surface area contributed by atoms with E-state index in [2.05, 4.69) is 6.58 Å². The lowest BCUT2D eigenvalue weighted by Crippen LogP contribution is -2.09. The summed E-state index contributed by atoms with van der Waals surface area (Å²) in [4.78, 5) is 0. The molecule has 0 spiro atoms. The summed E-state index contributed by atoms with van der Waals surface area (Å²) < 4.78 is 0. The normalized spacial score (nSPS) is 12.5. The predicted octanol–water partition coefficient (Wildman–Crippen LogP) is 3.31. The summed E-state index contributed by atoms with van der Waals surface area (Å²) >= 11 is 5.85. The highest BCUT2D eigenvalue weighted by atomic mass is 35.5. The van der Waals surface area contributed by atoms with Crippen LogP contribution < -0.4 is 5.73 Å². The molecule has 0 bridgehead atoms. The van der Waals surface area contributed by atoms with Crippen LogP contribution in [-0.4, -0.2) is 0 Å². The third-order valence-electron chi connectivity index (χ3n) is 1.96. The minimum Gasteiger partial charge on any atom is -0.324 e. The maximum Gasteiger partial charge on any atom is 0.0409 e. The van der Waals surface area contributed by atoms with Gasteiger partial charge in [-0.2, -0.15) is 0 Å². The molecule has 1 rings (SSSR count). The Bertz CT molecular complexity index is 283. The molecule has 1 aromatic carbocycles. The number of hydrogen-bond donors (Lipinski definition) is 1. The minimum absolute atomic E-state index is 0.0664. The van der Waals surface area contributed by atoms with E-state index in [0.29, 0.717) is 0 Å². The Morgan fingerprint density at radius 2 is 2.31 bits per heavy atom. The van der Waals surface area contributed by atoms with Gasteiger partial charge in [-0.05, 0) is 30.5 Å². The van der Waals surface area contributed by atoms with Crippen LogP contribution in [0.25, 0.3) is 0 Å². The number of hydrogen-bond acceptors (Lipinski definition) is 1. The molecule has 1 unspecified atom stereocenters. The van der Waals surface area contributed by atoms with Crippen LogP contribution >= 0.6 is 11.6 Å². The van der Waals surface area contributed by atoms with Gasteiger partial charge in [0.25, 0.3) is 0 Å². The molecule has 0 fully saturated rings. The Labute approximate surface area is 84.2 Å². The zero-order valence-corrected chi connectivity index (χ0v) is 8.30. The van der Waals surface area contributed by atoms with Gasteiger partial charge in [0, 0.05) is 11.1 Å². The van der Waals surface area contributed by atoms with Crippen molar-refractivity contribution < 1.29 is 0 Å². The van der Waals surface area contributed by atoms with E-state index < -0.39 is 0 Å². The van der Waals surface area contributed by atoms with E-state index in [1.807, 2.05) is 30.3 Å². The fourth-order valence-electron chi connectivity index (χ4n) is 1.20. The zero-order chi connectivity index (χ0) is 9.68. The number of benzene rings is 1. The molecule has 13 heavy (non-hydrogen) atoms. The Morgan fingerprint density at radius 1 is 1.54 bits per heavy atom. The van der Waals surface area contributed by atoms with E-state index in [-0.39, 0.29) is 6.04 Å². The summed E-state index contributed by atoms with van der Waals surface area (Å²) in [6.07, 6.45) is 3.74. The molecular formula is C11H14ClN. The van der Waals surface area contributed by atoms with E-state index >= 15 is 0 Å². The molecule has 1 aromatic rings. The third-order valence-corrected chi connectivity index (χ3v) is 2.19. The first-order valence-electron chi connectivity index (χ1n) is 4.36. The third kappa shape index (κ3) is 3.21. The van der Waals surface area contributed by atoms with E-state index in [0.717, 1.165) is 23.4 Å². The molecule has 70 valence electrons. The average molecular weight is 196 g/mol. The molecule has 0 aliphatic rings. The number of rotatable bonds is 4. The lowest BCUT2D eigenvalue weighted by Gasteiger charge is -2.10. The van der Waals surface area contributed by atoms with Crippen LogP contribution in [0.4, 0.5) is 0 Å². The molecule has 1 atom stereocenters. The molecule has 2 heteroatoms. The molecule has 0 heterocycles. The number of allylic oxidation sites excluding steroid dienone is 1. The summed E-state index contributed by atoms with van der Waals surface area (Å²) in [7, 11) is 0. The highest BCUT2D eigenvalue weighted by molar-refractivity contribution is 6.30. The molecule has 0 aromatic heterocycles. The van der Waals surface area contributed by atoms with E-state index in [4.69, 9.17) is 17.3 Å². The van der Waals surface area contributed by atoms with Crippen LogP contribution in [-0.2, 0) is 0 Å². The number of halogens is 1. The van der Waals surface area contributed by atoms with Gasteiger partial charge >= 0.3 is 0 Å². The van der Waals surface area contributed by atoms with Gasteiger partial charge in [0.15, 0.2) is 0 Å². The van der Waals surface area contributed by atoms with Gasteiger partial charge in [-0.15, -0.1) is 6.58 Å². The van der Waals surface area contributed by atoms with Crippen molar-refractivity contribution in [1.29, 1.82) is 0 Å². The standard InChI is InChI=1S/C11H14ClN/c1-2-3-7-11(13)9-5-4-6-10(12)8-9/h2,4-6,8,11H,1,3,7,13H2. The second-order valence-corrected chi connectivity index (χ2v) is 3.46. The molecule has 0 radical (unpaired) electrons. The lowest BCUT2D eigenvalue weighted by atomic mass is 10.0. The molecule has 0 aliphatic carbocycles. The Balaban J connectivity index is 2.65. The van der Waals surface area contributed by atoms with E-state index in [1.165, 1.54) is 0 Å². The van der Waals surface area contributed by atoms with Crippen LogP contribution in [0.5, 0.6) is 0 Å². The van der Waals surface area contributed by atoms with Crippen LogP contribution in [0.15, 0.2) is 36.9 Å². The van der Waals surface area contributed by atoms with Crippen molar-refractivity contribution in [2.75, 3.05) is 0 Å². The largest absolute Gasteiger partial charge is 0.324 e. The highest BCUT2D eigenvalue weighted by Gasteiger charge is 2.04. The average Bonchev–Trinajstić information content (AvgIpc) is 2.14. The maximum atomic E-state index is 5.94. The van der Waals surface area contributed by atoms with Crippen molar-refractivity contribution >= 4 is 11.6 Å². The molecule has 2 N–H and O–H groups in total. The second-order valence-electron chi connectivity index (χ2n) is 3.03. The SMILES string of the molecule is C=CCCC(N)c1cccc(Cl)c1. The first-order chi connectivity index (χ1) is 6.24. The van der Waals surface area contributed by atoms with Gasteiger partial charge in [-0.1, -0.05) is 29.8 Å². The maximum absolute atomic E-state index is 5.94. The second kappa shape index (κ2) is 5.05. The van der Waals surface area contributed by atoms with E-state index in [1.54, 1.807) is 0 Å². The Morgan fingerprint density at radius 3 is 2.92 bits per heavy atom. The van der Waals surface area contributed by atoms with Crippen LogP contribution in [0.1, 0.15) is 24.4 Å². The molecule has 0 saturated heterocycles. The van der Waals surface area contributed by atoms with Crippen molar-refractivity contribution in [3.05, 3.63) is 47.5 Å². The van der Waals surface area contributed by atoms with E-state index in [9.17, 15) is 0 Å².